The van der Waals surface area contributed by atoms with Gasteiger partial charge in [-0.1, -0.05) is 30.3 Å². The van der Waals surface area contributed by atoms with E-state index in [1.807, 2.05) is 39.0 Å². The highest BCUT2D eigenvalue weighted by Gasteiger charge is 2.43. The summed E-state index contributed by atoms with van der Waals surface area (Å²) in [7, 11) is 0. The maximum atomic E-state index is 9.20. The van der Waals surface area contributed by atoms with Gasteiger partial charge in [0, 0.05) is 11.5 Å². The third-order valence-electron chi connectivity index (χ3n) is 3.57. The minimum Gasteiger partial charge on any atom is -0.424 e. The van der Waals surface area contributed by atoms with E-state index in [0.29, 0.717) is 23.4 Å². The molecule has 1 fully saturated rings. The second-order valence-electron chi connectivity index (χ2n) is 6.58. The average Bonchev–Trinajstić information content (AvgIpc) is 3.14. The summed E-state index contributed by atoms with van der Waals surface area (Å²) in [6.07, 6.45) is 1.03. The maximum Gasteiger partial charge on any atom is 0.232 e. The minimum absolute atomic E-state index is 0.162. The Morgan fingerprint density at radius 1 is 1.24 bits per heavy atom. The molecule has 1 aliphatic rings. The van der Waals surface area contributed by atoms with Crippen LogP contribution in [0.5, 0.6) is 0 Å². The minimum atomic E-state index is -0.162. The first-order valence-corrected chi connectivity index (χ1v) is 7.22. The zero-order valence-electron chi connectivity index (χ0n) is 12.6. The second-order valence-corrected chi connectivity index (χ2v) is 6.58. The monoisotopic (exact) mass is 281 g/mol. The van der Waals surface area contributed by atoms with Crippen molar-refractivity contribution in [3.63, 3.8) is 0 Å². The summed E-state index contributed by atoms with van der Waals surface area (Å²) in [5.74, 6) is 1.90. The third-order valence-corrected chi connectivity index (χ3v) is 3.57. The second kappa shape index (κ2) is 4.92. The fraction of sp³-hybridized carbons (Fsp3) is 0.412. The fourth-order valence-corrected chi connectivity index (χ4v) is 2.53. The smallest absolute Gasteiger partial charge is 0.232 e. The number of anilines is 1. The predicted molar refractivity (Wildman–Crippen MR) is 81.1 cm³/mol. The van der Waals surface area contributed by atoms with E-state index in [4.69, 9.17) is 4.42 Å². The van der Waals surface area contributed by atoms with E-state index >= 15 is 0 Å². The molecule has 1 heterocycles. The molecule has 3 rings (SSSR count). The molecule has 0 spiro atoms. The van der Waals surface area contributed by atoms with E-state index in [9.17, 15) is 5.26 Å². The van der Waals surface area contributed by atoms with Gasteiger partial charge < -0.3 is 9.73 Å². The number of hydrogen-bond acceptors (Lipinski definition) is 4. The number of rotatable bonds is 3. The lowest BCUT2D eigenvalue weighted by molar-refractivity contribution is 0.487. The molecule has 21 heavy (non-hydrogen) atoms. The van der Waals surface area contributed by atoms with Crippen LogP contribution in [0.4, 0.5) is 5.88 Å². The lowest BCUT2D eigenvalue weighted by Gasteiger charge is -2.19. The van der Waals surface area contributed by atoms with Gasteiger partial charge in [0.15, 0.2) is 0 Å². The van der Waals surface area contributed by atoms with Crippen LogP contribution in [0, 0.1) is 11.3 Å². The van der Waals surface area contributed by atoms with Crippen LogP contribution in [-0.4, -0.2) is 10.5 Å². The first-order chi connectivity index (χ1) is 9.98. The van der Waals surface area contributed by atoms with Crippen LogP contribution in [-0.2, 0) is 0 Å². The summed E-state index contributed by atoms with van der Waals surface area (Å²) >= 11 is 0. The Balaban J connectivity index is 1.81. The van der Waals surface area contributed by atoms with Crippen molar-refractivity contribution < 1.29 is 4.42 Å². The van der Waals surface area contributed by atoms with Gasteiger partial charge in [0.2, 0.25) is 17.5 Å². The van der Waals surface area contributed by atoms with Crippen LogP contribution < -0.4 is 5.32 Å². The van der Waals surface area contributed by atoms with Gasteiger partial charge in [0.25, 0.3) is 0 Å². The summed E-state index contributed by atoms with van der Waals surface area (Å²) in [5.41, 5.74) is 1.49. The third kappa shape index (κ3) is 2.92. The van der Waals surface area contributed by atoms with E-state index < -0.39 is 0 Å². The standard InChI is InChI=1S/C17H19N3O/c1-17(2,3)20-16-14(10-18)19-15(21-16)13-9-12(13)11-7-5-4-6-8-11/h4-8,12-13,20H,9H2,1-3H3/t12-,13-/m0/s1. The Labute approximate surface area is 124 Å². The molecule has 1 aromatic heterocycles. The molecule has 0 unspecified atom stereocenters. The van der Waals surface area contributed by atoms with E-state index in [1.54, 1.807) is 0 Å². The molecule has 1 N–H and O–H groups in total. The number of nitriles is 1. The molecule has 0 radical (unpaired) electrons. The van der Waals surface area contributed by atoms with Gasteiger partial charge >= 0.3 is 0 Å². The lowest BCUT2D eigenvalue weighted by atomic mass is 10.1. The van der Waals surface area contributed by atoms with Crippen molar-refractivity contribution in [2.24, 2.45) is 0 Å². The van der Waals surface area contributed by atoms with Crippen LogP contribution in [0.2, 0.25) is 0 Å². The SMILES string of the molecule is CC(C)(C)Nc1oc([C@H]2C[C@H]2c2ccccc2)nc1C#N. The van der Waals surface area contributed by atoms with E-state index in [0.717, 1.165) is 6.42 Å². The van der Waals surface area contributed by atoms with Gasteiger partial charge in [-0.25, -0.2) is 4.98 Å². The summed E-state index contributed by atoms with van der Waals surface area (Å²) in [6.45, 7) is 6.08. The van der Waals surface area contributed by atoms with Crippen LogP contribution in [0.3, 0.4) is 0 Å². The molecule has 0 amide bonds. The predicted octanol–water partition coefficient (Wildman–Crippen LogP) is 4.03. The fourth-order valence-electron chi connectivity index (χ4n) is 2.53. The number of aromatic nitrogens is 1. The molecular weight excluding hydrogens is 262 g/mol. The number of oxazole rings is 1. The quantitative estimate of drug-likeness (QED) is 0.922. The molecule has 0 bridgehead atoms. The molecule has 1 aliphatic carbocycles. The van der Waals surface area contributed by atoms with Crippen molar-refractivity contribution in [3.8, 4) is 6.07 Å². The molecule has 4 heteroatoms. The highest BCUT2D eigenvalue weighted by molar-refractivity contribution is 5.48. The molecule has 108 valence electrons. The van der Waals surface area contributed by atoms with Crippen molar-refractivity contribution in [1.82, 2.24) is 4.98 Å². The Bertz CT molecular complexity index is 676. The first kappa shape index (κ1) is 13.7. The first-order valence-electron chi connectivity index (χ1n) is 7.22. The van der Waals surface area contributed by atoms with Crippen molar-refractivity contribution in [3.05, 3.63) is 47.5 Å². The normalized spacial score (nSPS) is 20.9. The Kier molecular flexibility index (Phi) is 3.21. The zero-order valence-corrected chi connectivity index (χ0v) is 12.6. The Morgan fingerprint density at radius 2 is 1.95 bits per heavy atom. The molecule has 0 aliphatic heterocycles. The van der Waals surface area contributed by atoms with Crippen molar-refractivity contribution in [2.45, 2.75) is 44.6 Å². The molecule has 0 saturated heterocycles. The Morgan fingerprint density at radius 3 is 2.57 bits per heavy atom. The number of nitrogens with one attached hydrogen (secondary N) is 1. The Hall–Kier alpha value is -2.28. The number of hydrogen-bond donors (Lipinski definition) is 1. The molecule has 2 aromatic rings. The lowest BCUT2D eigenvalue weighted by Crippen LogP contribution is -2.26. The van der Waals surface area contributed by atoms with Crippen LogP contribution in [0.15, 0.2) is 34.7 Å². The largest absolute Gasteiger partial charge is 0.424 e. The average molecular weight is 281 g/mol. The van der Waals surface area contributed by atoms with Crippen molar-refractivity contribution in [2.75, 3.05) is 5.32 Å². The maximum absolute atomic E-state index is 9.20. The van der Waals surface area contributed by atoms with E-state index in [1.165, 1.54) is 5.56 Å². The van der Waals surface area contributed by atoms with Crippen molar-refractivity contribution in [1.29, 1.82) is 5.26 Å². The van der Waals surface area contributed by atoms with E-state index in [-0.39, 0.29) is 11.5 Å². The van der Waals surface area contributed by atoms with Gasteiger partial charge in [0.1, 0.15) is 6.07 Å². The highest BCUT2D eigenvalue weighted by Crippen LogP contribution is 2.54. The summed E-state index contributed by atoms with van der Waals surface area (Å²) in [6, 6.07) is 12.5. The van der Waals surface area contributed by atoms with Crippen LogP contribution in [0.1, 0.15) is 56.2 Å². The van der Waals surface area contributed by atoms with Gasteiger partial charge in [-0.15, -0.1) is 0 Å². The van der Waals surface area contributed by atoms with Gasteiger partial charge in [-0.05, 0) is 38.7 Å². The molecule has 1 aromatic carbocycles. The highest BCUT2D eigenvalue weighted by atomic mass is 16.4. The van der Waals surface area contributed by atoms with Crippen LogP contribution in [0.25, 0.3) is 0 Å². The summed E-state index contributed by atoms with van der Waals surface area (Å²) in [4.78, 5) is 4.36. The van der Waals surface area contributed by atoms with E-state index in [2.05, 4.69) is 28.5 Å². The van der Waals surface area contributed by atoms with Gasteiger partial charge in [0.05, 0.1) is 0 Å². The summed E-state index contributed by atoms with van der Waals surface area (Å²) < 4.78 is 5.81. The topological polar surface area (TPSA) is 61.9 Å². The molecular formula is C17H19N3O. The number of benzene rings is 1. The molecule has 4 nitrogen and oxygen atoms in total. The molecule has 2 atom stereocenters. The zero-order chi connectivity index (χ0) is 15.0. The van der Waals surface area contributed by atoms with Gasteiger partial charge in [-0.3, -0.25) is 0 Å². The van der Waals surface area contributed by atoms with Gasteiger partial charge in [-0.2, -0.15) is 5.26 Å². The van der Waals surface area contributed by atoms with Crippen molar-refractivity contribution >= 4 is 5.88 Å². The summed E-state index contributed by atoms with van der Waals surface area (Å²) in [5, 5.41) is 12.4. The molecule has 1 saturated carbocycles. The number of nitrogens with zero attached hydrogens (tertiary/aromatic N) is 2. The van der Waals surface area contributed by atoms with Crippen LogP contribution >= 0.6 is 0 Å².